The maximum Gasteiger partial charge on any atom is 0.223 e. The molecule has 22 heavy (non-hydrogen) atoms. The van der Waals surface area contributed by atoms with Crippen LogP contribution in [0.2, 0.25) is 0 Å². The minimum Gasteiger partial charge on any atom is -0.356 e. The fourth-order valence-electron chi connectivity index (χ4n) is 2.24. The number of anilines is 1. The number of hydrogen-bond donors (Lipinski definition) is 1. The molecule has 0 bridgehead atoms. The molecule has 5 heteroatoms. The van der Waals surface area contributed by atoms with Crippen LogP contribution in [0.25, 0.3) is 0 Å². The fraction of sp³-hybridized carbons (Fsp3) is 0.529. The van der Waals surface area contributed by atoms with Gasteiger partial charge in [-0.2, -0.15) is 0 Å². The van der Waals surface area contributed by atoms with Crippen molar-refractivity contribution in [2.45, 2.75) is 26.7 Å². The zero-order chi connectivity index (χ0) is 16.5. The lowest BCUT2D eigenvalue weighted by atomic mass is 10.1. The molecular weight excluding hydrogens is 278 g/mol. The van der Waals surface area contributed by atoms with E-state index in [4.69, 9.17) is 0 Å². The Labute approximate surface area is 133 Å². The summed E-state index contributed by atoms with van der Waals surface area (Å²) in [4.78, 5) is 27.4. The largest absolute Gasteiger partial charge is 0.356 e. The van der Waals surface area contributed by atoms with Crippen molar-refractivity contribution in [3.8, 4) is 0 Å². The van der Waals surface area contributed by atoms with Crippen LogP contribution < -0.4 is 10.2 Å². The number of hydrogen-bond acceptors (Lipinski definition) is 3. The summed E-state index contributed by atoms with van der Waals surface area (Å²) in [5.74, 6) is -0.0618. The van der Waals surface area contributed by atoms with Gasteiger partial charge in [0.05, 0.1) is 0 Å². The summed E-state index contributed by atoms with van der Waals surface area (Å²) < 4.78 is 0. The summed E-state index contributed by atoms with van der Waals surface area (Å²) in [7, 11) is 4.02. The first-order chi connectivity index (χ1) is 10.4. The summed E-state index contributed by atoms with van der Waals surface area (Å²) >= 11 is 0. The second kappa shape index (κ2) is 9.20. The zero-order valence-electron chi connectivity index (χ0n) is 14.1. The average molecular weight is 305 g/mol. The Morgan fingerprint density at radius 2 is 1.82 bits per heavy atom. The highest BCUT2D eigenvalue weighted by Gasteiger charge is 2.14. The number of carbonyl (C=O) groups is 2. The Hall–Kier alpha value is -1.88. The van der Waals surface area contributed by atoms with Crippen LogP contribution in [0.15, 0.2) is 24.3 Å². The molecule has 0 atom stereocenters. The normalized spacial score (nSPS) is 10.6. The van der Waals surface area contributed by atoms with Crippen LogP contribution in [-0.2, 0) is 9.59 Å². The Morgan fingerprint density at radius 1 is 1.14 bits per heavy atom. The first-order valence-corrected chi connectivity index (χ1v) is 7.67. The molecule has 0 aliphatic rings. The van der Waals surface area contributed by atoms with Gasteiger partial charge in [-0.3, -0.25) is 9.59 Å². The molecule has 0 saturated heterocycles. The topological polar surface area (TPSA) is 52.7 Å². The van der Waals surface area contributed by atoms with E-state index < -0.39 is 0 Å². The molecular formula is C17H27N3O2. The van der Waals surface area contributed by atoms with Crippen LogP contribution in [0.5, 0.6) is 0 Å². The molecule has 1 aromatic carbocycles. The number of nitrogens with one attached hydrogen (secondary N) is 1. The highest BCUT2D eigenvalue weighted by Crippen LogP contribution is 2.19. The standard InChI is InChI=1S/C17H27N3O2/c1-14-8-5-6-9-16(14)20(15(2)21)13-10-17(22)18-11-7-12-19(3)4/h5-6,8-9H,7,10-13H2,1-4H3,(H,18,22). The number of amides is 2. The fourth-order valence-corrected chi connectivity index (χ4v) is 2.24. The molecule has 0 heterocycles. The van der Waals surface area contributed by atoms with Crippen LogP contribution in [-0.4, -0.2) is 50.4 Å². The van der Waals surface area contributed by atoms with Crippen molar-refractivity contribution in [2.75, 3.05) is 38.6 Å². The summed E-state index contributed by atoms with van der Waals surface area (Å²) in [6.45, 7) is 5.51. The van der Waals surface area contributed by atoms with Crippen molar-refractivity contribution in [1.82, 2.24) is 10.2 Å². The third kappa shape index (κ3) is 6.26. The molecule has 1 rings (SSSR count). The van der Waals surface area contributed by atoms with Gasteiger partial charge in [0.15, 0.2) is 0 Å². The second-order valence-corrected chi connectivity index (χ2v) is 5.71. The molecule has 5 nitrogen and oxygen atoms in total. The number of rotatable bonds is 8. The van der Waals surface area contributed by atoms with Crippen molar-refractivity contribution in [1.29, 1.82) is 0 Å². The molecule has 0 saturated carbocycles. The third-order valence-corrected chi connectivity index (χ3v) is 3.45. The zero-order valence-corrected chi connectivity index (χ0v) is 14.1. The quantitative estimate of drug-likeness (QED) is 0.745. The Morgan fingerprint density at radius 3 is 2.41 bits per heavy atom. The van der Waals surface area contributed by atoms with E-state index in [9.17, 15) is 9.59 Å². The van der Waals surface area contributed by atoms with Gasteiger partial charge in [0, 0.05) is 32.1 Å². The first kappa shape index (κ1) is 18.2. The molecule has 1 N–H and O–H groups in total. The van der Waals surface area contributed by atoms with Crippen molar-refractivity contribution in [3.63, 3.8) is 0 Å². The monoisotopic (exact) mass is 305 g/mol. The van der Waals surface area contributed by atoms with Crippen molar-refractivity contribution < 1.29 is 9.59 Å². The molecule has 0 aromatic heterocycles. The summed E-state index contributed by atoms with van der Waals surface area (Å²) in [5.41, 5.74) is 1.90. The van der Waals surface area contributed by atoms with Gasteiger partial charge in [-0.15, -0.1) is 0 Å². The predicted octanol–water partition coefficient (Wildman–Crippen LogP) is 1.81. The molecule has 1 aromatic rings. The van der Waals surface area contributed by atoms with Crippen LogP contribution in [0.3, 0.4) is 0 Å². The van der Waals surface area contributed by atoms with Gasteiger partial charge in [0.2, 0.25) is 11.8 Å². The lowest BCUT2D eigenvalue weighted by Gasteiger charge is -2.22. The molecule has 0 radical (unpaired) electrons. The van der Waals surface area contributed by atoms with Crippen LogP contribution in [0, 0.1) is 6.92 Å². The lowest BCUT2D eigenvalue weighted by Crippen LogP contribution is -2.35. The Bertz CT molecular complexity index is 500. The minimum atomic E-state index is -0.0466. The van der Waals surface area contributed by atoms with Gasteiger partial charge < -0.3 is 15.1 Å². The number of para-hydroxylation sites is 1. The molecule has 122 valence electrons. The van der Waals surface area contributed by atoms with E-state index in [0.29, 0.717) is 19.5 Å². The van der Waals surface area contributed by atoms with Crippen molar-refractivity contribution in [2.24, 2.45) is 0 Å². The number of benzene rings is 1. The van der Waals surface area contributed by atoms with Crippen LogP contribution >= 0.6 is 0 Å². The van der Waals surface area contributed by atoms with Gasteiger partial charge in [0.1, 0.15) is 0 Å². The van der Waals surface area contributed by atoms with Gasteiger partial charge in [-0.05, 0) is 45.6 Å². The van der Waals surface area contributed by atoms with E-state index in [0.717, 1.165) is 24.2 Å². The smallest absolute Gasteiger partial charge is 0.223 e. The number of aryl methyl sites for hydroxylation is 1. The van der Waals surface area contributed by atoms with E-state index in [2.05, 4.69) is 10.2 Å². The Balaban J connectivity index is 2.47. The molecule has 2 amide bonds. The molecule has 0 aliphatic carbocycles. The summed E-state index contributed by atoms with van der Waals surface area (Å²) in [6, 6.07) is 7.71. The second-order valence-electron chi connectivity index (χ2n) is 5.71. The minimum absolute atomic E-state index is 0.0152. The summed E-state index contributed by atoms with van der Waals surface area (Å²) in [6.07, 6.45) is 1.24. The van der Waals surface area contributed by atoms with Crippen LogP contribution in [0.4, 0.5) is 5.69 Å². The average Bonchev–Trinajstić information content (AvgIpc) is 2.45. The lowest BCUT2D eigenvalue weighted by molar-refractivity contribution is -0.121. The van der Waals surface area contributed by atoms with Gasteiger partial charge in [0.25, 0.3) is 0 Å². The SMILES string of the molecule is CC(=O)N(CCC(=O)NCCCN(C)C)c1ccccc1C. The van der Waals surface area contributed by atoms with E-state index in [1.165, 1.54) is 6.92 Å². The highest BCUT2D eigenvalue weighted by atomic mass is 16.2. The first-order valence-electron chi connectivity index (χ1n) is 7.67. The molecule has 0 aliphatic heterocycles. The Kier molecular flexibility index (Phi) is 7.60. The predicted molar refractivity (Wildman–Crippen MR) is 90.0 cm³/mol. The van der Waals surface area contributed by atoms with Gasteiger partial charge in [-0.1, -0.05) is 18.2 Å². The van der Waals surface area contributed by atoms with Crippen molar-refractivity contribution >= 4 is 17.5 Å². The van der Waals surface area contributed by atoms with Gasteiger partial charge >= 0.3 is 0 Å². The molecule has 0 spiro atoms. The van der Waals surface area contributed by atoms with E-state index in [1.807, 2.05) is 45.3 Å². The van der Waals surface area contributed by atoms with Crippen LogP contribution in [0.1, 0.15) is 25.3 Å². The highest BCUT2D eigenvalue weighted by molar-refractivity contribution is 5.93. The van der Waals surface area contributed by atoms with Crippen molar-refractivity contribution in [3.05, 3.63) is 29.8 Å². The maximum absolute atomic E-state index is 11.9. The van der Waals surface area contributed by atoms with Gasteiger partial charge in [-0.25, -0.2) is 0 Å². The number of nitrogens with zero attached hydrogens (tertiary/aromatic N) is 2. The van der Waals surface area contributed by atoms with E-state index in [1.54, 1.807) is 4.90 Å². The van der Waals surface area contributed by atoms with E-state index in [-0.39, 0.29) is 11.8 Å². The van der Waals surface area contributed by atoms with E-state index >= 15 is 0 Å². The third-order valence-electron chi connectivity index (χ3n) is 3.45. The summed E-state index contributed by atoms with van der Waals surface area (Å²) in [5, 5.41) is 2.89. The molecule has 0 unspecified atom stereocenters. The number of carbonyl (C=O) groups excluding carboxylic acids is 2. The maximum atomic E-state index is 11.9. The molecule has 0 fully saturated rings.